The molecule has 0 saturated carbocycles. The van der Waals surface area contributed by atoms with Crippen molar-refractivity contribution in [3.8, 4) is 11.3 Å². The van der Waals surface area contributed by atoms with Crippen LogP contribution in [0.1, 0.15) is 43.9 Å². The van der Waals surface area contributed by atoms with Gasteiger partial charge in [0.05, 0.1) is 30.0 Å². The topological polar surface area (TPSA) is 108 Å². The summed E-state index contributed by atoms with van der Waals surface area (Å²) in [6.07, 6.45) is 2.18. The van der Waals surface area contributed by atoms with E-state index in [9.17, 15) is 19.4 Å². The molecule has 0 bridgehead atoms. The van der Waals surface area contributed by atoms with E-state index in [0.717, 1.165) is 12.2 Å². The highest BCUT2D eigenvalue weighted by Gasteiger charge is 2.20. The second-order valence-corrected chi connectivity index (χ2v) is 9.81. The normalized spacial score (nSPS) is 13.2. The Morgan fingerprint density at radius 2 is 1.86 bits per heavy atom. The van der Waals surface area contributed by atoms with Gasteiger partial charge in [0.15, 0.2) is 0 Å². The highest BCUT2D eigenvalue weighted by atomic mass is 32.2. The third-order valence-electron chi connectivity index (χ3n) is 4.97. The lowest BCUT2D eigenvalue weighted by Gasteiger charge is -2.21. The van der Waals surface area contributed by atoms with E-state index in [-0.39, 0.29) is 31.2 Å². The number of nitrogens with zero attached hydrogens (tertiary/aromatic N) is 4. The molecule has 0 aliphatic rings. The Morgan fingerprint density at radius 3 is 2.46 bits per heavy atom. The Balaban J connectivity index is 2.40. The summed E-state index contributed by atoms with van der Waals surface area (Å²) in [7, 11) is 5.36. The second kappa shape index (κ2) is 14.8. The van der Waals surface area contributed by atoms with Gasteiger partial charge in [0.1, 0.15) is 24.7 Å². The van der Waals surface area contributed by atoms with Gasteiger partial charge >= 0.3 is 5.97 Å². The van der Waals surface area contributed by atoms with Crippen LogP contribution in [0, 0.1) is 5.82 Å². The third kappa shape index (κ3) is 9.86. The summed E-state index contributed by atoms with van der Waals surface area (Å²) in [4.78, 5) is 21.1. The number of hydroxylamine groups is 1. The number of aromatic nitrogens is 2. The number of carbonyl (C=O) groups excluding carboxylic acids is 1. The lowest BCUT2D eigenvalue weighted by molar-refractivity contribution is -0.144. The molecule has 2 atom stereocenters. The molecule has 9 nitrogen and oxygen atoms in total. The number of ether oxygens (including phenoxy) is 1. The van der Waals surface area contributed by atoms with Gasteiger partial charge in [-0.25, -0.2) is 23.7 Å². The largest absolute Gasteiger partial charge is 0.461 e. The highest BCUT2D eigenvalue weighted by molar-refractivity contribution is 7.92. The Kier molecular flexibility index (Phi) is 12.2. The first kappa shape index (κ1) is 30.4. The van der Waals surface area contributed by atoms with Crippen molar-refractivity contribution in [3.05, 3.63) is 60.1 Å². The molecule has 2 aromatic rings. The lowest BCUT2D eigenvalue weighted by Crippen LogP contribution is -2.21. The van der Waals surface area contributed by atoms with Crippen LogP contribution in [0.25, 0.3) is 17.3 Å². The molecule has 0 amide bonds. The van der Waals surface area contributed by atoms with Crippen LogP contribution in [0.5, 0.6) is 0 Å². The van der Waals surface area contributed by atoms with E-state index in [0.29, 0.717) is 28.5 Å². The smallest absolute Gasteiger partial charge is 0.308 e. The average molecular weight is 535 g/mol. The summed E-state index contributed by atoms with van der Waals surface area (Å²) in [6, 6.07) is 5.93. The minimum absolute atomic E-state index is 0.0298. The van der Waals surface area contributed by atoms with Gasteiger partial charge in [-0.05, 0) is 44.3 Å². The summed E-state index contributed by atoms with van der Waals surface area (Å²) < 4.78 is 25.9. The lowest BCUT2D eigenvalue weighted by atomic mass is 9.97. The maximum atomic E-state index is 13.7. The van der Waals surface area contributed by atoms with Crippen molar-refractivity contribution in [2.45, 2.75) is 44.8 Å². The van der Waals surface area contributed by atoms with Gasteiger partial charge in [0, 0.05) is 24.6 Å². The average Bonchev–Trinajstić information content (AvgIpc) is 2.84. The van der Waals surface area contributed by atoms with Crippen LogP contribution in [0.15, 0.2) is 43.0 Å². The quantitative estimate of drug-likeness (QED) is 0.121. The summed E-state index contributed by atoms with van der Waals surface area (Å²) >= 11 is 1.11. The molecule has 2 N–H and O–H groups in total. The molecule has 1 aromatic carbocycles. The Bertz CT molecular complexity index is 1070. The fourth-order valence-electron chi connectivity index (χ4n) is 3.25. The third-order valence-corrected chi connectivity index (χ3v) is 5.56. The van der Waals surface area contributed by atoms with Crippen LogP contribution >= 0.6 is 12.2 Å². The van der Waals surface area contributed by atoms with Gasteiger partial charge in [-0.1, -0.05) is 38.7 Å². The van der Waals surface area contributed by atoms with Crippen molar-refractivity contribution in [1.82, 2.24) is 14.3 Å². The van der Waals surface area contributed by atoms with Crippen LogP contribution in [-0.4, -0.2) is 70.4 Å². The molecule has 2 rings (SSSR count). The number of benzene rings is 1. The number of anilines is 1. The molecule has 2 unspecified atom stereocenters. The number of rotatable bonds is 14. The van der Waals surface area contributed by atoms with Crippen molar-refractivity contribution in [2.24, 2.45) is 0 Å². The zero-order valence-electron chi connectivity index (χ0n) is 21.8. The number of halogens is 1. The fraction of sp³-hybridized carbons (Fsp3) is 0.423. The van der Waals surface area contributed by atoms with Gasteiger partial charge in [0.2, 0.25) is 0 Å². The maximum Gasteiger partial charge on any atom is 0.308 e. The standard InChI is InChI=1S/C26H35FN4O5S/c1-7-14-35-23(34)16-21(33)15-20(32)12-13-22-24(17(2)3)28-26(31(6)36-37-30(4)5)29-25(22)18-8-10-19(27)11-9-18/h7-13,17,20-21,32-33H,1,14-16H2,2-6H3/b13-12+. The van der Waals surface area contributed by atoms with Crippen molar-refractivity contribution in [3.63, 3.8) is 0 Å². The molecule has 0 spiro atoms. The van der Waals surface area contributed by atoms with Crippen molar-refractivity contribution < 1.29 is 28.4 Å². The highest BCUT2D eigenvalue weighted by Crippen LogP contribution is 2.32. The number of aliphatic hydroxyl groups excluding tert-OH is 2. The Labute approximate surface area is 221 Å². The Morgan fingerprint density at radius 1 is 1.19 bits per heavy atom. The summed E-state index contributed by atoms with van der Waals surface area (Å²) in [6.45, 7) is 7.47. The molecule has 202 valence electrons. The van der Waals surface area contributed by atoms with E-state index in [2.05, 4.69) is 11.6 Å². The summed E-state index contributed by atoms with van der Waals surface area (Å²) in [5.74, 6) is -0.675. The molecule has 11 heteroatoms. The monoisotopic (exact) mass is 534 g/mol. The van der Waals surface area contributed by atoms with Gasteiger partial charge in [0.25, 0.3) is 5.95 Å². The molecule has 37 heavy (non-hydrogen) atoms. The van der Waals surface area contributed by atoms with Crippen LogP contribution in [0.3, 0.4) is 0 Å². The number of hydrogen-bond acceptors (Lipinski definition) is 10. The molecule has 0 aliphatic heterocycles. The number of aliphatic hydroxyl groups is 2. The number of esters is 1. The minimum atomic E-state index is -1.09. The Hall–Kier alpha value is -2.83. The van der Waals surface area contributed by atoms with Crippen molar-refractivity contribution in [1.29, 1.82) is 0 Å². The van der Waals surface area contributed by atoms with E-state index in [1.54, 1.807) is 29.6 Å². The number of carbonyl (C=O) groups is 1. The molecule has 0 saturated heterocycles. The number of hydrogen-bond donors (Lipinski definition) is 2. The SMILES string of the molecule is C=CCOC(=O)CC(O)CC(O)/C=C/c1c(-c2ccc(F)cc2)nc(N(C)OSN(C)C)nc1C(C)C. The fourth-order valence-corrected chi connectivity index (χ4v) is 3.55. The van der Waals surface area contributed by atoms with E-state index in [1.807, 2.05) is 27.9 Å². The van der Waals surface area contributed by atoms with E-state index < -0.39 is 18.2 Å². The van der Waals surface area contributed by atoms with E-state index in [4.69, 9.17) is 14.0 Å². The van der Waals surface area contributed by atoms with Gasteiger partial charge in [-0.3, -0.25) is 4.79 Å². The molecule has 1 heterocycles. The maximum absolute atomic E-state index is 13.7. The molecular formula is C26H35FN4O5S. The van der Waals surface area contributed by atoms with E-state index >= 15 is 0 Å². The van der Waals surface area contributed by atoms with E-state index in [1.165, 1.54) is 29.3 Å². The first-order valence-electron chi connectivity index (χ1n) is 11.8. The zero-order valence-corrected chi connectivity index (χ0v) is 22.6. The molecule has 0 fully saturated rings. The molecule has 1 aromatic heterocycles. The van der Waals surface area contributed by atoms with Crippen molar-refractivity contribution in [2.75, 3.05) is 32.8 Å². The summed E-state index contributed by atoms with van der Waals surface area (Å²) in [5.41, 5.74) is 2.50. The molecular weight excluding hydrogens is 499 g/mol. The van der Waals surface area contributed by atoms with Gasteiger partial charge in [-0.2, -0.15) is 4.28 Å². The zero-order chi connectivity index (χ0) is 27.5. The van der Waals surface area contributed by atoms with Crippen LogP contribution in [0.2, 0.25) is 0 Å². The van der Waals surface area contributed by atoms with Gasteiger partial charge in [-0.15, -0.1) is 0 Å². The molecule has 0 radical (unpaired) electrons. The van der Waals surface area contributed by atoms with Crippen LogP contribution < -0.4 is 5.06 Å². The predicted octanol–water partition coefficient (Wildman–Crippen LogP) is 4.14. The minimum Gasteiger partial charge on any atom is -0.461 e. The first-order chi connectivity index (χ1) is 17.5. The van der Waals surface area contributed by atoms with Crippen LogP contribution in [-0.2, 0) is 13.8 Å². The van der Waals surface area contributed by atoms with Crippen LogP contribution in [0.4, 0.5) is 10.3 Å². The second-order valence-electron chi connectivity index (χ2n) is 8.78. The predicted molar refractivity (Wildman–Crippen MR) is 144 cm³/mol. The van der Waals surface area contributed by atoms with Crippen molar-refractivity contribution >= 4 is 30.2 Å². The summed E-state index contributed by atoms with van der Waals surface area (Å²) in [5, 5.41) is 22.1. The first-order valence-corrected chi connectivity index (χ1v) is 12.5. The molecule has 0 aliphatic carbocycles. The van der Waals surface area contributed by atoms with Gasteiger partial charge < -0.3 is 14.9 Å².